The number of anilines is 1. The quantitative estimate of drug-likeness (QED) is 0.362. The molecule has 1 N–H and O–H groups in total. The first-order chi connectivity index (χ1) is 14.5. The lowest BCUT2D eigenvalue weighted by Crippen LogP contribution is -2.23. The first-order valence-electron chi connectivity index (χ1n) is 9.55. The summed E-state index contributed by atoms with van der Waals surface area (Å²) in [4.78, 5) is 12.8. The van der Waals surface area contributed by atoms with E-state index in [1.165, 1.54) is 0 Å². The van der Waals surface area contributed by atoms with Crippen LogP contribution >= 0.6 is 23.2 Å². The number of carbonyl (C=O) groups is 1. The van der Waals surface area contributed by atoms with Crippen LogP contribution in [-0.2, 0) is 11.4 Å². The number of nitrogens with zero attached hydrogens (tertiary/aromatic N) is 1. The van der Waals surface area contributed by atoms with Gasteiger partial charge in [0.05, 0.1) is 16.2 Å². The van der Waals surface area contributed by atoms with Crippen LogP contribution in [0.1, 0.15) is 18.5 Å². The van der Waals surface area contributed by atoms with Crippen LogP contribution in [-0.4, -0.2) is 10.5 Å². The molecule has 0 aliphatic rings. The summed E-state index contributed by atoms with van der Waals surface area (Å²) in [6, 6.07) is 22.3. The fourth-order valence-electron chi connectivity index (χ4n) is 3.32. The molecule has 0 radical (unpaired) electrons. The molecule has 0 saturated heterocycles. The zero-order valence-corrected chi connectivity index (χ0v) is 17.8. The Balaban J connectivity index is 1.55. The van der Waals surface area contributed by atoms with Gasteiger partial charge in [-0.3, -0.25) is 4.79 Å². The van der Waals surface area contributed by atoms with Crippen LogP contribution in [0.5, 0.6) is 5.75 Å². The van der Waals surface area contributed by atoms with Gasteiger partial charge >= 0.3 is 0 Å². The predicted octanol–water partition coefficient (Wildman–Crippen LogP) is 6.73. The SMILES string of the molecule is CC(C(=O)Nc1cc(Cl)ccc1Cl)n1ccc2c(OCc3ccccc3)cccc21. The summed E-state index contributed by atoms with van der Waals surface area (Å²) in [5, 5.41) is 4.76. The van der Waals surface area contributed by atoms with Gasteiger partial charge in [-0.25, -0.2) is 0 Å². The van der Waals surface area contributed by atoms with Crippen LogP contribution in [0.3, 0.4) is 0 Å². The lowest BCUT2D eigenvalue weighted by molar-refractivity contribution is -0.118. The van der Waals surface area contributed by atoms with Crippen molar-refractivity contribution < 1.29 is 9.53 Å². The fraction of sp³-hybridized carbons (Fsp3) is 0.125. The normalized spacial score (nSPS) is 12.0. The molecule has 1 amide bonds. The molecule has 152 valence electrons. The molecule has 0 saturated carbocycles. The molecule has 0 aliphatic carbocycles. The molecule has 0 spiro atoms. The molecular formula is C24H20Cl2N2O2. The third-order valence-corrected chi connectivity index (χ3v) is 5.51. The second-order valence-electron chi connectivity index (χ2n) is 6.98. The molecule has 4 rings (SSSR count). The van der Waals surface area contributed by atoms with E-state index in [-0.39, 0.29) is 5.91 Å². The molecule has 4 aromatic rings. The van der Waals surface area contributed by atoms with E-state index >= 15 is 0 Å². The van der Waals surface area contributed by atoms with Crippen molar-refractivity contribution >= 4 is 45.7 Å². The van der Waals surface area contributed by atoms with Crippen LogP contribution in [0, 0.1) is 0 Å². The average Bonchev–Trinajstić information content (AvgIpc) is 3.19. The van der Waals surface area contributed by atoms with Gasteiger partial charge in [0, 0.05) is 16.6 Å². The maximum absolute atomic E-state index is 12.8. The van der Waals surface area contributed by atoms with E-state index < -0.39 is 6.04 Å². The van der Waals surface area contributed by atoms with Gasteiger partial charge in [-0.1, -0.05) is 59.6 Å². The Labute approximate surface area is 185 Å². The number of amides is 1. The van der Waals surface area contributed by atoms with Crippen LogP contribution in [0.25, 0.3) is 10.9 Å². The molecule has 1 aromatic heterocycles. The smallest absolute Gasteiger partial charge is 0.247 e. The van der Waals surface area contributed by atoms with E-state index in [2.05, 4.69) is 5.32 Å². The van der Waals surface area contributed by atoms with Crippen molar-refractivity contribution in [2.75, 3.05) is 5.32 Å². The summed E-state index contributed by atoms with van der Waals surface area (Å²) in [6.45, 7) is 2.32. The third kappa shape index (κ3) is 4.30. The fourth-order valence-corrected chi connectivity index (χ4v) is 3.65. The number of hydrogen-bond donors (Lipinski definition) is 1. The largest absolute Gasteiger partial charge is 0.488 e. The predicted molar refractivity (Wildman–Crippen MR) is 123 cm³/mol. The Morgan fingerprint density at radius 1 is 1.03 bits per heavy atom. The number of hydrogen-bond acceptors (Lipinski definition) is 2. The van der Waals surface area contributed by atoms with Crippen molar-refractivity contribution in [1.29, 1.82) is 0 Å². The molecule has 0 fully saturated rings. The number of rotatable bonds is 6. The lowest BCUT2D eigenvalue weighted by Gasteiger charge is -2.16. The number of carbonyl (C=O) groups excluding carboxylic acids is 1. The molecule has 4 nitrogen and oxygen atoms in total. The van der Waals surface area contributed by atoms with E-state index in [1.54, 1.807) is 18.2 Å². The Kier molecular flexibility index (Phi) is 5.98. The molecule has 1 unspecified atom stereocenters. The molecule has 0 aliphatic heterocycles. The highest BCUT2D eigenvalue weighted by atomic mass is 35.5. The number of aromatic nitrogens is 1. The lowest BCUT2D eigenvalue weighted by atomic mass is 10.2. The van der Waals surface area contributed by atoms with E-state index in [1.807, 2.05) is 72.3 Å². The van der Waals surface area contributed by atoms with Crippen molar-refractivity contribution in [2.24, 2.45) is 0 Å². The Morgan fingerprint density at radius 3 is 2.63 bits per heavy atom. The second kappa shape index (κ2) is 8.82. The van der Waals surface area contributed by atoms with Crippen molar-refractivity contribution in [1.82, 2.24) is 4.57 Å². The van der Waals surface area contributed by atoms with Crippen molar-refractivity contribution in [2.45, 2.75) is 19.6 Å². The van der Waals surface area contributed by atoms with E-state index in [0.717, 1.165) is 22.2 Å². The molecule has 1 atom stereocenters. The summed E-state index contributed by atoms with van der Waals surface area (Å²) < 4.78 is 7.95. The van der Waals surface area contributed by atoms with Gasteiger partial charge < -0.3 is 14.6 Å². The molecule has 3 aromatic carbocycles. The Hall–Kier alpha value is -2.95. The first-order valence-corrected chi connectivity index (χ1v) is 10.3. The Morgan fingerprint density at radius 2 is 1.83 bits per heavy atom. The van der Waals surface area contributed by atoms with Gasteiger partial charge in [-0.05, 0) is 48.9 Å². The second-order valence-corrected chi connectivity index (χ2v) is 7.82. The summed E-state index contributed by atoms with van der Waals surface area (Å²) in [5.41, 5.74) is 2.50. The molecule has 30 heavy (non-hydrogen) atoms. The zero-order chi connectivity index (χ0) is 21.1. The van der Waals surface area contributed by atoms with Crippen molar-refractivity contribution in [3.8, 4) is 5.75 Å². The maximum Gasteiger partial charge on any atom is 0.247 e. The van der Waals surface area contributed by atoms with Gasteiger partial charge in [0.15, 0.2) is 0 Å². The van der Waals surface area contributed by atoms with Crippen LogP contribution < -0.4 is 10.1 Å². The highest BCUT2D eigenvalue weighted by Crippen LogP contribution is 2.31. The minimum atomic E-state index is -0.457. The van der Waals surface area contributed by atoms with Gasteiger partial charge in [0.25, 0.3) is 0 Å². The molecule has 1 heterocycles. The molecule has 6 heteroatoms. The monoisotopic (exact) mass is 438 g/mol. The highest BCUT2D eigenvalue weighted by Gasteiger charge is 2.19. The summed E-state index contributed by atoms with van der Waals surface area (Å²) >= 11 is 12.2. The van der Waals surface area contributed by atoms with Gasteiger partial charge in [-0.2, -0.15) is 0 Å². The number of benzene rings is 3. The summed E-state index contributed by atoms with van der Waals surface area (Å²) in [5.74, 6) is 0.591. The number of ether oxygens (including phenoxy) is 1. The summed E-state index contributed by atoms with van der Waals surface area (Å²) in [7, 11) is 0. The van der Waals surface area contributed by atoms with Gasteiger partial charge in [0.2, 0.25) is 5.91 Å². The number of halogens is 2. The maximum atomic E-state index is 12.8. The van der Waals surface area contributed by atoms with E-state index in [0.29, 0.717) is 22.3 Å². The van der Waals surface area contributed by atoms with Crippen LogP contribution in [0.2, 0.25) is 10.0 Å². The minimum Gasteiger partial charge on any atom is -0.488 e. The van der Waals surface area contributed by atoms with Gasteiger partial charge in [0.1, 0.15) is 18.4 Å². The van der Waals surface area contributed by atoms with Crippen LogP contribution in [0.4, 0.5) is 5.69 Å². The number of fused-ring (bicyclic) bond motifs is 1. The van der Waals surface area contributed by atoms with Crippen LogP contribution in [0.15, 0.2) is 79.0 Å². The topological polar surface area (TPSA) is 43.3 Å². The molecule has 0 bridgehead atoms. The van der Waals surface area contributed by atoms with Gasteiger partial charge in [-0.15, -0.1) is 0 Å². The minimum absolute atomic E-state index is 0.188. The van der Waals surface area contributed by atoms with Crippen molar-refractivity contribution in [3.05, 3.63) is 94.6 Å². The zero-order valence-electron chi connectivity index (χ0n) is 16.3. The summed E-state index contributed by atoms with van der Waals surface area (Å²) in [6.07, 6.45) is 1.89. The Bertz CT molecular complexity index is 1190. The van der Waals surface area contributed by atoms with E-state index in [4.69, 9.17) is 27.9 Å². The number of nitrogens with one attached hydrogen (secondary N) is 1. The molecular weight excluding hydrogens is 419 g/mol. The van der Waals surface area contributed by atoms with E-state index in [9.17, 15) is 4.79 Å². The first kappa shape index (κ1) is 20.3. The highest BCUT2D eigenvalue weighted by molar-refractivity contribution is 6.35. The third-order valence-electron chi connectivity index (χ3n) is 4.94. The average molecular weight is 439 g/mol. The standard InChI is InChI=1S/C24H20Cl2N2O2/c1-16(24(29)27-21-14-18(25)10-11-20(21)26)28-13-12-19-22(28)8-5-9-23(19)30-15-17-6-3-2-4-7-17/h2-14,16H,15H2,1H3,(H,27,29). The van der Waals surface area contributed by atoms with Crippen molar-refractivity contribution in [3.63, 3.8) is 0 Å².